The molecule has 1 rings (SSSR count). The first-order valence-corrected chi connectivity index (χ1v) is 6.48. The average molecular weight is 253 g/mol. The number of hydrogen-bond donors (Lipinski definition) is 1. The van der Waals surface area contributed by atoms with Gasteiger partial charge in [-0.1, -0.05) is 20.3 Å². The molecule has 0 saturated carbocycles. The Bertz CT molecular complexity index is 415. The molecule has 1 heterocycles. The molecule has 102 valence electrons. The van der Waals surface area contributed by atoms with E-state index < -0.39 is 0 Å². The summed E-state index contributed by atoms with van der Waals surface area (Å²) >= 11 is 0. The number of rotatable bonds is 7. The predicted molar refractivity (Wildman–Crippen MR) is 71.7 cm³/mol. The van der Waals surface area contributed by atoms with E-state index in [2.05, 4.69) is 18.9 Å². The van der Waals surface area contributed by atoms with Crippen LogP contribution >= 0.6 is 0 Å². The maximum Gasteiger partial charge on any atom is 0.270 e. The molecule has 0 spiro atoms. The first-order valence-electron chi connectivity index (χ1n) is 6.48. The highest BCUT2D eigenvalue weighted by Gasteiger charge is 2.06. The van der Waals surface area contributed by atoms with Gasteiger partial charge in [0.15, 0.2) is 0 Å². The molecule has 2 unspecified atom stereocenters. The van der Waals surface area contributed by atoms with Gasteiger partial charge in [0.1, 0.15) is 12.4 Å². The van der Waals surface area contributed by atoms with Crippen molar-refractivity contribution >= 4 is 0 Å². The molecular formula is C13H23N3O2. The highest BCUT2D eigenvalue weighted by Crippen LogP contribution is 2.08. The summed E-state index contributed by atoms with van der Waals surface area (Å²) in [5, 5.41) is 4.12. The van der Waals surface area contributed by atoms with E-state index in [0.717, 1.165) is 12.8 Å². The zero-order valence-electron chi connectivity index (χ0n) is 11.4. The van der Waals surface area contributed by atoms with Crippen molar-refractivity contribution in [3.8, 4) is 5.75 Å². The van der Waals surface area contributed by atoms with Crippen LogP contribution in [0, 0.1) is 5.92 Å². The van der Waals surface area contributed by atoms with Crippen LogP contribution in [0.25, 0.3) is 0 Å². The minimum atomic E-state index is -0.125. The van der Waals surface area contributed by atoms with Crippen molar-refractivity contribution in [1.82, 2.24) is 9.78 Å². The van der Waals surface area contributed by atoms with Crippen LogP contribution in [0.15, 0.2) is 17.1 Å². The normalized spacial score (nSPS) is 14.2. The van der Waals surface area contributed by atoms with Gasteiger partial charge in [-0.25, -0.2) is 4.68 Å². The number of aromatic nitrogens is 2. The van der Waals surface area contributed by atoms with Crippen LogP contribution < -0.4 is 16.0 Å². The Balaban J connectivity index is 2.65. The standard InChI is InChI=1S/C13H23N3O2/c1-4-5-10(2)8-16-13(17)6-12(7-15-16)18-9-11(3)14/h6-7,10-11H,4-5,8-9,14H2,1-3H3. The van der Waals surface area contributed by atoms with Crippen molar-refractivity contribution in [1.29, 1.82) is 0 Å². The van der Waals surface area contributed by atoms with Gasteiger partial charge < -0.3 is 10.5 Å². The molecule has 5 heteroatoms. The molecule has 2 N–H and O–H groups in total. The van der Waals surface area contributed by atoms with E-state index in [0.29, 0.717) is 24.8 Å². The van der Waals surface area contributed by atoms with Gasteiger partial charge in [-0.15, -0.1) is 0 Å². The molecule has 0 bridgehead atoms. The third kappa shape index (κ3) is 4.87. The van der Waals surface area contributed by atoms with Crippen LogP contribution in [-0.4, -0.2) is 22.4 Å². The summed E-state index contributed by atoms with van der Waals surface area (Å²) in [4.78, 5) is 11.8. The Morgan fingerprint density at radius 3 is 2.78 bits per heavy atom. The lowest BCUT2D eigenvalue weighted by atomic mass is 10.1. The molecule has 0 fully saturated rings. The van der Waals surface area contributed by atoms with Crippen LogP contribution in [0.1, 0.15) is 33.6 Å². The lowest BCUT2D eigenvalue weighted by molar-refractivity contribution is 0.291. The molecule has 0 saturated heterocycles. The first kappa shape index (κ1) is 14.7. The largest absolute Gasteiger partial charge is 0.490 e. The molecular weight excluding hydrogens is 230 g/mol. The minimum absolute atomic E-state index is 0.0583. The van der Waals surface area contributed by atoms with Gasteiger partial charge in [0, 0.05) is 18.7 Å². The lowest BCUT2D eigenvalue weighted by Gasteiger charge is -2.12. The highest BCUT2D eigenvalue weighted by molar-refractivity contribution is 5.13. The van der Waals surface area contributed by atoms with Gasteiger partial charge >= 0.3 is 0 Å². The van der Waals surface area contributed by atoms with Crippen molar-refractivity contribution in [3.05, 3.63) is 22.6 Å². The SMILES string of the molecule is CCCC(C)Cn1ncc(OCC(C)N)cc1=O. The van der Waals surface area contributed by atoms with Crippen molar-refractivity contribution in [3.63, 3.8) is 0 Å². The van der Waals surface area contributed by atoms with Crippen LogP contribution in [0.3, 0.4) is 0 Å². The summed E-state index contributed by atoms with van der Waals surface area (Å²) in [7, 11) is 0. The second-order valence-corrected chi connectivity index (χ2v) is 4.89. The fraction of sp³-hybridized carbons (Fsp3) is 0.692. The third-order valence-corrected chi connectivity index (χ3v) is 2.62. The van der Waals surface area contributed by atoms with Crippen molar-refractivity contribution < 1.29 is 4.74 Å². The predicted octanol–water partition coefficient (Wildman–Crippen LogP) is 1.41. The fourth-order valence-electron chi connectivity index (χ4n) is 1.74. The Morgan fingerprint density at radius 1 is 1.50 bits per heavy atom. The summed E-state index contributed by atoms with van der Waals surface area (Å²) in [6.45, 7) is 7.15. The zero-order chi connectivity index (χ0) is 13.5. The van der Waals surface area contributed by atoms with Gasteiger partial charge in [-0.2, -0.15) is 5.10 Å². The average Bonchev–Trinajstić information content (AvgIpc) is 2.30. The van der Waals surface area contributed by atoms with Gasteiger partial charge in [0.25, 0.3) is 5.56 Å². The van der Waals surface area contributed by atoms with Crippen molar-refractivity contribution in [2.75, 3.05) is 6.61 Å². The Hall–Kier alpha value is -1.36. The molecule has 0 aromatic carbocycles. The summed E-state index contributed by atoms with van der Waals surface area (Å²) in [5.41, 5.74) is 5.45. The minimum Gasteiger partial charge on any atom is -0.490 e. The highest BCUT2D eigenvalue weighted by atomic mass is 16.5. The molecule has 1 aromatic rings. The monoisotopic (exact) mass is 253 g/mol. The maximum absolute atomic E-state index is 11.8. The van der Waals surface area contributed by atoms with E-state index in [1.807, 2.05) is 6.92 Å². The van der Waals surface area contributed by atoms with E-state index in [1.165, 1.54) is 10.7 Å². The molecule has 0 aliphatic rings. The molecule has 5 nitrogen and oxygen atoms in total. The van der Waals surface area contributed by atoms with Gasteiger partial charge in [-0.3, -0.25) is 4.79 Å². The molecule has 0 radical (unpaired) electrons. The molecule has 0 aliphatic heterocycles. The van der Waals surface area contributed by atoms with Gasteiger partial charge in [-0.05, 0) is 19.3 Å². The van der Waals surface area contributed by atoms with E-state index >= 15 is 0 Å². The Labute approximate surface area is 108 Å². The number of hydrogen-bond acceptors (Lipinski definition) is 4. The molecule has 18 heavy (non-hydrogen) atoms. The topological polar surface area (TPSA) is 70.1 Å². The zero-order valence-corrected chi connectivity index (χ0v) is 11.4. The van der Waals surface area contributed by atoms with Crippen LogP contribution in [-0.2, 0) is 6.54 Å². The maximum atomic E-state index is 11.8. The van der Waals surface area contributed by atoms with Crippen LogP contribution in [0.2, 0.25) is 0 Å². The fourth-order valence-corrected chi connectivity index (χ4v) is 1.74. The van der Waals surface area contributed by atoms with E-state index in [1.54, 1.807) is 6.20 Å². The molecule has 0 aliphatic carbocycles. The number of nitrogens with two attached hydrogens (primary N) is 1. The number of nitrogens with zero attached hydrogens (tertiary/aromatic N) is 2. The van der Waals surface area contributed by atoms with E-state index in [-0.39, 0.29) is 11.6 Å². The van der Waals surface area contributed by atoms with Gasteiger partial charge in [0.2, 0.25) is 0 Å². The smallest absolute Gasteiger partial charge is 0.270 e. The van der Waals surface area contributed by atoms with Gasteiger partial charge in [0.05, 0.1) is 6.20 Å². The van der Waals surface area contributed by atoms with E-state index in [4.69, 9.17) is 10.5 Å². The van der Waals surface area contributed by atoms with Crippen molar-refractivity contribution in [2.24, 2.45) is 11.7 Å². The summed E-state index contributed by atoms with van der Waals surface area (Å²) in [6, 6.07) is 1.41. The summed E-state index contributed by atoms with van der Waals surface area (Å²) in [5.74, 6) is 0.938. The second kappa shape index (κ2) is 7.16. The second-order valence-electron chi connectivity index (χ2n) is 4.89. The lowest BCUT2D eigenvalue weighted by Crippen LogP contribution is -2.27. The number of ether oxygens (including phenoxy) is 1. The van der Waals surface area contributed by atoms with Crippen LogP contribution in [0.5, 0.6) is 5.75 Å². The Kier molecular flexibility index (Phi) is 5.85. The molecule has 2 atom stereocenters. The third-order valence-electron chi connectivity index (χ3n) is 2.62. The molecule has 0 amide bonds. The van der Waals surface area contributed by atoms with E-state index in [9.17, 15) is 4.79 Å². The quantitative estimate of drug-likeness (QED) is 0.797. The van der Waals surface area contributed by atoms with Crippen molar-refractivity contribution in [2.45, 2.75) is 46.2 Å². The molecule has 1 aromatic heterocycles. The Morgan fingerprint density at radius 2 is 2.22 bits per heavy atom. The summed E-state index contributed by atoms with van der Waals surface area (Å²) in [6.07, 6.45) is 3.78. The summed E-state index contributed by atoms with van der Waals surface area (Å²) < 4.78 is 6.84. The first-order chi connectivity index (χ1) is 8.52. The van der Waals surface area contributed by atoms with Crippen LogP contribution in [0.4, 0.5) is 0 Å².